The third-order valence-corrected chi connectivity index (χ3v) is 5.09. The Morgan fingerprint density at radius 3 is 2.57 bits per heavy atom. The second-order valence-electron chi connectivity index (χ2n) is 7.60. The number of carbonyl (C=O) groups is 1. The summed E-state index contributed by atoms with van der Waals surface area (Å²) in [7, 11) is 0. The van der Waals surface area contributed by atoms with Gasteiger partial charge in [-0.05, 0) is 30.3 Å². The van der Waals surface area contributed by atoms with E-state index in [0.29, 0.717) is 0 Å². The highest BCUT2D eigenvalue weighted by Gasteiger charge is 2.31. The number of aromatic nitrogens is 2. The second kappa shape index (κ2) is 9.89. The lowest BCUT2D eigenvalue weighted by atomic mass is 10.1. The number of alkyl halides is 3. The van der Waals surface area contributed by atoms with Crippen LogP contribution in [-0.2, 0) is 11.0 Å². The first kappa shape index (κ1) is 25.0. The van der Waals surface area contributed by atoms with Gasteiger partial charge in [0, 0.05) is 17.2 Å². The van der Waals surface area contributed by atoms with E-state index in [-0.39, 0.29) is 33.6 Å². The monoisotopic (exact) mass is 511 g/mol. The van der Waals surface area contributed by atoms with E-state index < -0.39 is 40.4 Å². The van der Waals surface area contributed by atoms with Gasteiger partial charge in [-0.25, -0.2) is 4.98 Å². The van der Waals surface area contributed by atoms with E-state index in [1.807, 2.05) is 0 Å². The van der Waals surface area contributed by atoms with Gasteiger partial charge in [-0.15, -0.1) is 0 Å². The van der Waals surface area contributed by atoms with E-state index in [9.17, 15) is 32.9 Å². The predicted molar refractivity (Wildman–Crippen MR) is 127 cm³/mol. The molecule has 3 aromatic carbocycles. The third kappa shape index (κ3) is 5.29. The lowest BCUT2D eigenvalue weighted by Crippen LogP contribution is -2.21. The largest absolute Gasteiger partial charge is 0.476 e. The molecule has 0 fully saturated rings. The van der Waals surface area contributed by atoms with Crippen LogP contribution in [0.5, 0.6) is 5.75 Å². The summed E-state index contributed by atoms with van der Waals surface area (Å²) in [6.45, 7) is -0.668. The number of fused-ring (bicyclic) bond motifs is 1. The Balaban J connectivity index is 1.92. The van der Waals surface area contributed by atoms with Crippen LogP contribution in [0.15, 0.2) is 76.6 Å². The van der Waals surface area contributed by atoms with Gasteiger partial charge in [0.2, 0.25) is 5.75 Å². The van der Waals surface area contributed by atoms with E-state index in [4.69, 9.17) is 10.5 Å². The Kier molecular flexibility index (Phi) is 6.69. The number of amides is 1. The summed E-state index contributed by atoms with van der Waals surface area (Å²) in [6, 6.07) is 14.2. The first-order chi connectivity index (χ1) is 17.6. The van der Waals surface area contributed by atoms with Crippen LogP contribution in [0, 0.1) is 10.1 Å². The highest BCUT2D eigenvalue weighted by Crippen LogP contribution is 2.32. The van der Waals surface area contributed by atoms with Crippen molar-refractivity contribution in [2.45, 2.75) is 6.18 Å². The molecule has 1 aromatic heterocycles. The van der Waals surface area contributed by atoms with Crippen LogP contribution in [0.3, 0.4) is 0 Å². The van der Waals surface area contributed by atoms with Gasteiger partial charge in [-0.1, -0.05) is 30.3 Å². The Bertz CT molecular complexity index is 1610. The number of hydrogen-bond acceptors (Lipinski definition) is 7. The zero-order valence-corrected chi connectivity index (χ0v) is 18.7. The molecule has 0 atom stereocenters. The number of nitro groups is 1. The number of hydrogen-bond donors (Lipinski definition) is 1. The molecule has 0 unspecified atom stereocenters. The standard InChI is InChI=1S/C24H16F3N5O5/c25-24(26,27)16-7-3-5-14(11-16)22-30-18-9-2-1-8-17(18)23(34)31(22)29-12-15-6-4-10-19(32(35)36)21(15)37-13-20(28)33/h1-12H,13H2,(H2,28,33). The van der Waals surface area contributed by atoms with Crippen molar-refractivity contribution in [1.82, 2.24) is 9.66 Å². The van der Waals surface area contributed by atoms with Crippen LogP contribution in [-0.4, -0.2) is 33.3 Å². The molecular formula is C24H16F3N5O5. The molecule has 4 aromatic rings. The molecule has 188 valence electrons. The molecule has 0 aliphatic carbocycles. The predicted octanol–water partition coefficient (Wildman–Crippen LogP) is 3.74. The normalized spacial score (nSPS) is 11.6. The van der Waals surface area contributed by atoms with Crippen LogP contribution in [0.25, 0.3) is 22.3 Å². The van der Waals surface area contributed by atoms with E-state index >= 15 is 0 Å². The number of primary amides is 1. The van der Waals surface area contributed by atoms with Crippen molar-refractivity contribution in [3.8, 4) is 17.1 Å². The summed E-state index contributed by atoms with van der Waals surface area (Å²) in [4.78, 5) is 39.5. The molecule has 0 aliphatic rings. The fourth-order valence-electron chi connectivity index (χ4n) is 3.46. The highest BCUT2D eigenvalue weighted by atomic mass is 19.4. The van der Waals surface area contributed by atoms with Gasteiger partial charge in [-0.3, -0.25) is 19.7 Å². The molecule has 4 rings (SSSR count). The van der Waals surface area contributed by atoms with Crippen molar-refractivity contribution in [3.05, 3.63) is 98.3 Å². The Morgan fingerprint density at radius 1 is 1.14 bits per heavy atom. The zero-order chi connectivity index (χ0) is 26.7. The maximum absolute atomic E-state index is 13.3. The summed E-state index contributed by atoms with van der Waals surface area (Å²) in [5, 5.41) is 15.7. The molecule has 10 nitrogen and oxygen atoms in total. The average molecular weight is 511 g/mol. The molecule has 0 radical (unpaired) electrons. The summed E-state index contributed by atoms with van der Waals surface area (Å²) in [5.74, 6) is -1.42. The Morgan fingerprint density at radius 2 is 1.86 bits per heavy atom. The maximum Gasteiger partial charge on any atom is 0.416 e. The molecule has 37 heavy (non-hydrogen) atoms. The fraction of sp³-hybridized carbons (Fsp3) is 0.0833. The molecular weight excluding hydrogens is 495 g/mol. The number of nitrogens with zero attached hydrogens (tertiary/aromatic N) is 4. The quantitative estimate of drug-likeness (QED) is 0.228. The van der Waals surface area contributed by atoms with Crippen molar-refractivity contribution in [2.24, 2.45) is 10.8 Å². The van der Waals surface area contributed by atoms with Crippen LogP contribution in [0.4, 0.5) is 18.9 Å². The number of nitrogens with two attached hydrogens (primary N) is 1. The molecule has 0 saturated carbocycles. The van der Waals surface area contributed by atoms with Crippen LogP contribution < -0.4 is 16.0 Å². The van der Waals surface area contributed by atoms with E-state index in [1.165, 1.54) is 36.4 Å². The Hall–Kier alpha value is -5.07. The van der Waals surface area contributed by atoms with E-state index in [0.717, 1.165) is 29.1 Å². The van der Waals surface area contributed by atoms with Gasteiger partial charge < -0.3 is 10.5 Å². The molecule has 0 bridgehead atoms. The lowest BCUT2D eigenvalue weighted by molar-refractivity contribution is -0.385. The third-order valence-electron chi connectivity index (χ3n) is 5.09. The molecule has 2 N–H and O–H groups in total. The lowest BCUT2D eigenvalue weighted by Gasteiger charge is -2.12. The van der Waals surface area contributed by atoms with Gasteiger partial charge in [0.1, 0.15) is 0 Å². The van der Waals surface area contributed by atoms with Crippen LogP contribution in [0.1, 0.15) is 11.1 Å². The van der Waals surface area contributed by atoms with Gasteiger partial charge in [0.25, 0.3) is 11.5 Å². The van der Waals surface area contributed by atoms with E-state index in [2.05, 4.69) is 10.1 Å². The topological polar surface area (TPSA) is 143 Å². The fourth-order valence-corrected chi connectivity index (χ4v) is 3.46. The number of ether oxygens (including phenoxy) is 1. The smallest absolute Gasteiger partial charge is 0.416 e. The Labute approximate surface area is 205 Å². The summed E-state index contributed by atoms with van der Waals surface area (Å²) >= 11 is 0. The molecule has 0 aliphatic heterocycles. The number of halogens is 3. The number of rotatable bonds is 7. The molecule has 0 spiro atoms. The van der Waals surface area contributed by atoms with Crippen molar-refractivity contribution < 1.29 is 27.6 Å². The minimum absolute atomic E-state index is 0.00509. The first-order valence-corrected chi connectivity index (χ1v) is 10.5. The van der Waals surface area contributed by atoms with Gasteiger partial charge in [-0.2, -0.15) is 22.9 Å². The number of nitro benzene ring substituents is 1. The minimum Gasteiger partial charge on any atom is -0.476 e. The zero-order valence-electron chi connectivity index (χ0n) is 18.7. The summed E-state index contributed by atoms with van der Waals surface area (Å²) in [6.07, 6.45) is -3.60. The molecule has 0 saturated heterocycles. The molecule has 1 heterocycles. The number of carbonyl (C=O) groups excluding carboxylic acids is 1. The summed E-state index contributed by atoms with van der Waals surface area (Å²) in [5.41, 5.74) is 3.13. The van der Waals surface area contributed by atoms with Crippen LogP contribution in [0.2, 0.25) is 0 Å². The van der Waals surface area contributed by atoms with E-state index in [1.54, 1.807) is 12.1 Å². The SMILES string of the molecule is NC(=O)COc1c(C=Nn2c(-c3cccc(C(F)(F)F)c3)nc3ccccc3c2=O)cccc1[N+](=O)[O-]. The van der Waals surface area contributed by atoms with Crippen LogP contribution >= 0.6 is 0 Å². The van der Waals surface area contributed by atoms with Crippen molar-refractivity contribution in [3.63, 3.8) is 0 Å². The van der Waals surface area contributed by atoms with Crippen molar-refractivity contribution >= 4 is 28.7 Å². The highest BCUT2D eigenvalue weighted by molar-refractivity contribution is 5.87. The van der Waals surface area contributed by atoms with Gasteiger partial charge in [0.15, 0.2) is 12.4 Å². The second-order valence-corrected chi connectivity index (χ2v) is 7.60. The van der Waals surface area contributed by atoms with Gasteiger partial charge in [0.05, 0.1) is 27.6 Å². The maximum atomic E-state index is 13.3. The molecule has 1 amide bonds. The molecule has 13 heteroatoms. The van der Waals surface area contributed by atoms with Crippen molar-refractivity contribution in [1.29, 1.82) is 0 Å². The first-order valence-electron chi connectivity index (χ1n) is 10.5. The van der Waals surface area contributed by atoms with Gasteiger partial charge >= 0.3 is 11.9 Å². The minimum atomic E-state index is -4.64. The number of benzene rings is 3. The summed E-state index contributed by atoms with van der Waals surface area (Å²) < 4.78 is 46.0. The van der Waals surface area contributed by atoms with Crippen molar-refractivity contribution in [2.75, 3.05) is 6.61 Å². The average Bonchev–Trinajstić information content (AvgIpc) is 2.86. The number of para-hydroxylation sites is 2.